The maximum atomic E-state index is 6.20. The number of hydrogen-bond acceptors (Lipinski definition) is 1. The molecule has 1 heteroatoms. The summed E-state index contributed by atoms with van der Waals surface area (Å²) in [5.41, 5.74) is 4.58. The summed E-state index contributed by atoms with van der Waals surface area (Å²) in [6.07, 6.45) is 5.95. The molecule has 132 valence electrons. The Balaban J connectivity index is 3.36. The van der Waals surface area contributed by atoms with Gasteiger partial charge in [-0.15, -0.1) is 0 Å². The molecule has 0 aliphatic heterocycles. The molecule has 1 rings (SSSR count). The molecule has 0 saturated carbocycles. The van der Waals surface area contributed by atoms with Gasteiger partial charge >= 0.3 is 0 Å². The third-order valence-electron chi connectivity index (χ3n) is 4.38. The van der Waals surface area contributed by atoms with Crippen LogP contribution in [0.2, 0.25) is 0 Å². The molecule has 0 heterocycles. The molecule has 0 atom stereocenters. The van der Waals surface area contributed by atoms with Crippen molar-refractivity contribution in [1.29, 1.82) is 0 Å². The van der Waals surface area contributed by atoms with E-state index in [0.29, 0.717) is 0 Å². The van der Waals surface area contributed by atoms with Crippen molar-refractivity contribution in [3.8, 4) is 5.75 Å². The van der Waals surface area contributed by atoms with Crippen molar-refractivity contribution in [3.05, 3.63) is 28.8 Å². The Morgan fingerprint density at radius 2 is 1.35 bits per heavy atom. The summed E-state index contributed by atoms with van der Waals surface area (Å²) in [6.45, 7) is 19.1. The van der Waals surface area contributed by atoms with Gasteiger partial charge in [0.1, 0.15) is 5.75 Å². The van der Waals surface area contributed by atoms with Gasteiger partial charge in [-0.25, -0.2) is 0 Å². The van der Waals surface area contributed by atoms with Crippen LogP contribution < -0.4 is 4.74 Å². The van der Waals surface area contributed by atoms with E-state index in [0.717, 1.165) is 18.8 Å². The zero-order valence-electron chi connectivity index (χ0n) is 16.8. The highest BCUT2D eigenvalue weighted by Crippen LogP contribution is 2.38. The highest BCUT2D eigenvalue weighted by molar-refractivity contribution is 5.48. The van der Waals surface area contributed by atoms with Gasteiger partial charge in [0.15, 0.2) is 0 Å². The standard InChI is InChI=1S/C22H38O/c1-9-11-13-17-15-19(22(6,7)8)20(23-14-12-10-2)16-18(17)21(3,4)5/h15-16H,9-14H2,1-8H3. The Labute approximate surface area is 144 Å². The first kappa shape index (κ1) is 20.1. The Kier molecular flexibility index (Phi) is 7.17. The molecule has 1 aromatic rings. The van der Waals surface area contributed by atoms with E-state index in [4.69, 9.17) is 4.74 Å². The second-order valence-electron chi connectivity index (χ2n) is 8.81. The molecule has 0 N–H and O–H groups in total. The number of hydrogen-bond donors (Lipinski definition) is 0. The molecule has 1 aromatic carbocycles. The molecule has 0 unspecified atom stereocenters. The van der Waals surface area contributed by atoms with E-state index in [-0.39, 0.29) is 10.8 Å². The second kappa shape index (κ2) is 8.22. The zero-order valence-corrected chi connectivity index (χ0v) is 16.8. The van der Waals surface area contributed by atoms with E-state index in [1.807, 2.05) is 0 Å². The number of benzene rings is 1. The van der Waals surface area contributed by atoms with Crippen molar-refractivity contribution in [3.63, 3.8) is 0 Å². The largest absolute Gasteiger partial charge is 0.493 e. The average molecular weight is 319 g/mol. The normalized spacial score (nSPS) is 12.5. The van der Waals surface area contributed by atoms with Crippen LogP contribution >= 0.6 is 0 Å². The molecule has 0 aliphatic rings. The van der Waals surface area contributed by atoms with Crippen molar-refractivity contribution in [2.45, 2.75) is 98.3 Å². The summed E-state index contributed by atoms with van der Waals surface area (Å²) in [4.78, 5) is 0. The van der Waals surface area contributed by atoms with Crippen LogP contribution in [0.3, 0.4) is 0 Å². The van der Waals surface area contributed by atoms with Crippen molar-refractivity contribution in [2.75, 3.05) is 6.61 Å². The van der Waals surface area contributed by atoms with Gasteiger partial charge < -0.3 is 4.74 Å². The molecule has 0 saturated heterocycles. The van der Waals surface area contributed by atoms with Crippen LogP contribution in [0.15, 0.2) is 12.1 Å². The fraction of sp³-hybridized carbons (Fsp3) is 0.727. The van der Waals surface area contributed by atoms with Crippen LogP contribution in [-0.4, -0.2) is 6.61 Å². The van der Waals surface area contributed by atoms with Gasteiger partial charge in [-0.2, -0.15) is 0 Å². The summed E-state index contributed by atoms with van der Waals surface area (Å²) in [5.74, 6) is 1.09. The van der Waals surface area contributed by atoms with Gasteiger partial charge in [0.05, 0.1) is 6.61 Å². The number of rotatable bonds is 7. The van der Waals surface area contributed by atoms with Crippen LogP contribution in [0.1, 0.15) is 97.8 Å². The monoisotopic (exact) mass is 318 g/mol. The summed E-state index contributed by atoms with van der Waals surface area (Å²) in [5, 5.41) is 0. The number of unbranched alkanes of at least 4 members (excludes halogenated alkanes) is 2. The van der Waals surface area contributed by atoms with Gasteiger partial charge in [0, 0.05) is 0 Å². The van der Waals surface area contributed by atoms with E-state index < -0.39 is 0 Å². The van der Waals surface area contributed by atoms with E-state index in [9.17, 15) is 0 Å². The summed E-state index contributed by atoms with van der Waals surface area (Å²) >= 11 is 0. The highest BCUT2D eigenvalue weighted by Gasteiger charge is 2.25. The lowest BCUT2D eigenvalue weighted by Gasteiger charge is -2.29. The summed E-state index contributed by atoms with van der Waals surface area (Å²) in [7, 11) is 0. The lowest BCUT2D eigenvalue weighted by molar-refractivity contribution is 0.300. The van der Waals surface area contributed by atoms with Crippen LogP contribution in [-0.2, 0) is 17.3 Å². The number of aryl methyl sites for hydroxylation is 1. The first-order valence-corrected chi connectivity index (χ1v) is 9.42. The minimum absolute atomic E-state index is 0.110. The molecule has 23 heavy (non-hydrogen) atoms. The minimum Gasteiger partial charge on any atom is -0.493 e. The van der Waals surface area contributed by atoms with Crippen molar-refractivity contribution in [2.24, 2.45) is 0 Å². The third-order valence-corrected chi connectivity index (χ3v) is 4.38. The quantitative estimate of drug-likeness (QED) is 0.502. The maximum Gasteiger partial charge on any atom is 0.123 e. The van der Waals surface area contributed by atoms with Gasteiger partial charge in [-0.05, 0) is 52.8 Å². The van der Waals surface area contributed by atoms with Crippen LogP contribution in [0.25, 0.3) is 0 Å². The van der Waals surface area contributed by atoms with Gasteiger partial charge in [-0.1, -0.05) is 74.3 Å². The molecule has 0 aromatic heterocycles. The van der Waals surface area contributed by atoms with Crippen LogP contribution in [0, 0.1) is 0 Å². The smallest absolute Gasteiger partial charge is 0.123 e. The van der Waals surface area contributed by atoms with Gasteiger partial charge in [-0.3, -0.25) is 0 Å². The predicted octanol–water partition coefficient (Wildman–Crippen LogP) is 6.80. The van der Waals surface area contributed by atoms with Crippen molar-refractivity contribution < 1.29 is 4.74 Å². The molecule has 0 fully saturated rings. The lowest BCUT2D eigenvalue weighted by atomic mass is 9.78. The zero-order chi connectivity index (χ0) is 17.7. The van der Waals surface area contributed by atoms with Crippen molar-refractivity contribution in [1.82, 2.24) is 0 Å². The average Bonchev–Trinajstić information content (AvgIpc) is 2.43. The Morgan fingerprint density at radius 3 is 1.83 bits per heavy atom. The molecule has 0 spiro atoms. The Bertz CT molecular complexity index is 486. The summed E-state index contributed by atoms with van der Waals surface area (Å²) < 4.78 is 6.20. The third kappa shape index (κ3) is 5.86. The number of ether oxygens (including phenoxy) is 1. The predicted molar refractivity (Wildman–Crippen MR) is 103 cm³/mol. The first-order valence-electron chi connectivity index (χ1n) is 9.42. The van der Waals surface area contributed by atoms with Gasteiger partial charge in [0.2, 0.25) is 0 Å². The van der Waals surface area contributed by atoms with Crippen LogP contribution in [0.5, 0.6) is 5.75 Å². The highest BCUT2D eigenvalue weighted by atomic mass is 16.5. The first-order chi connectivity index (χ1) is 10.6. The molecule has 0 amide bonds. The minimum atomic E-state index is 0.110. The maximum absolute atomic E-state index is 6.20. The molecule has 0 radical (unpaired) electrons. The fourth-order valence-corrected chi connectivity index (χ4v) is 2.93. The van der Waals surface area contributed by atoms with E-state index >= 15 is 0 Å². The fourth-order valence-electron chi connectivity index (χ4n) is 2.93. The van der Waals surface area contributed by atoms with E-state index in [1.54, 1.807) is 0 Å². The van der Waals surface area contributed by atoms with Crippen LogP contribution in [0.4, 0.5) is 0 Å². The Hall–Kier alpha value is -0.980. The molecule has 0 bridgehead atoms. The Morgan fingerprint density at radius 1 is 0.783 bits per heavy atom. The molecule has 1 nitrogen and oxygen atoms in total. The van der Waals surface area contributed by atoms with Crippen molar-refractivity contribution >= 4 is 0 Å². The lowest BCUT2D eigenvalue weighted by Crippen LogP contribution is -2.19. The molecule has 0 aliphatic carbocycles. The van der Waals surface area contributed by atoms with Gasteiger partial charge in [0.25, 0.3) is 0 Å². The van der Waals surface area contributed by atoms with E-state index in [2.05, 4.69) is 67.5 Å². The topological polar surface area (TPSA) is 9.23 Å². The molecular weight excluding hydrogens is 280 g/mol. The molecular formula is C22H38O. The SMILES string of the molecule is CCCCOc1cc(C(C)(C)C)c(CCCC)cc1C(C)(C)C. The summed E-state index contributed by atoms with van der Waals surface area (Å²) in [6, 6.07) is 4.76. The van der Waals surface area contributed by atoms with E-state index in [1.165, 1.54) is 42.4 Å². The second-order valence-corrected chi connectivity index (χ2v) is 8.81.